The summed E-state index contributed by atoms with van der Waals surface area (Å²) in [6.45, 7) is 1.86. The minimum atomic E-state index is -0.186. The molecule has 0 saturated heterocycles. The van der Waals surface area contributed by atoms with Crippen molar-refractivity contribution in [3.63, 3.8) is 0 Å². The van der Waals surface area contributed by atoms with Crippen LogP contribution < -0.4 is 15.8 Å². The number of carbonyl (C=O) groups excluding carboxylic acids is 1. The summed E-state index contributed by atoms with van der Waals surface area (Å²) in [4.78, 5) is 13.3. The third-order valence-electron chi connectivity index (χ3n) is 2.86. The van der Waals surface area contributed by atoms with Crippen molar-refractivity contribution < 1.29 is 9.53 Å². The summed E-state index contributed by atoms with van der Waals surface area (Å²) < 4.78 is 5.50. The highest BCUT2D eigenvalue weighted by atomic mass is 32.1. The first-order chi connectivity index (χ1) is 10.1. The van der Waals surface area contributed by atoms with Gasteiger partial charge in [-0.25, -0.2) is 0 Å². The Hall–Kier alpha value is -1.92. The zero-order valence-corrected chi connectivity index (χ0v) is 13.2. The summed E-state index contributed by atoms with van der Waals surface area (Å²) in [6.07, 6.45) is 0. The minimum Gasteiger partial charge on any atom is -0.483 e. The second-order valence-electron chi connectivity index (χ2n) is 4.45. The van der Waals surface area contributed by atoms with Gasteiger partial charge in [-0.3, -0.25) is 4.79 Å². The van der Waals surface area contributed by atoms with Crippen LogP contribution in [0.5, 0.6) is 5.75 Å². The van der Waals surface area contributed by atoms with Crippen molar-refractivity contribution in [2.24, 2.45) is 5.73 Å². The molecule has 3 N–H and O–H groups in total. The Morgan fingerprint density at radius 1 is 1.38 bits per heavy atom. The molecule has 110 valence electrons. The fraction of sp³-hybridized carbons (Fsp3) is 0.200. The van der Waals surface area contributed by atoms with Gasteiger partial charge in [0.15, 0.2) is 6.61 Å². The molecular formula is C15H16N2O2S2. The maximum atomic E-state index is 11.9. The van der Waals surface area contributed by atoms with Gasteiger partial charge in [0.2, 0.25) is 0 Å². The molecule has 1 amide bonds. The van der Waals surface area contributed by atoms with E-state index in [-0.39, 0.29) is 23.5 Å². The van der Waals surface area contributed by atoms with Crippen molar-refractivity contribution in [2.75, 3.05) is 6.61 Å². The number of ether oxygens (including phenoxy) is 1. The summed E-state index contributed by atoms with van der Waals surface area (Å²) in [7, 11) is 0. The lowest BCUT2D eigenvalue weighted by molar-refractivity contribution is -0.123. The van der Waals surface area contributed by atoms with Crippen LogP contribution in [0.25, 0.3) is 0 Å². The lowest BCUT2D eigenvalue weighted by atomic mass is 10.2. The van der Waals surface area contributed by atoms with Gasteiger partial charge in [0.1, 0.15) is 10.7 Å². The predicted octanol–water partition coefficient (Wildman–Crippen LogP) is 2.64. The first kappa shape index (κ1) is 15.5. The van der Waals surface area contributed by atoms with Crippen LogP contribution in [0.3, 0.4) is 0 Å². The van der Waals surface area contributed by atoms with E-state index < -0.39 is 0 Å². The lowest BCUT2D eigenvalue weighted by Crippen LogP contribution is -2.31. The van der Waals surface area contributed by atoms with Crippen molar-refractivity contribution in [3.8, 4) is 5.75 Å². The fourth-order valence-corrected chi connectivity index (χ4v) is 2.73. The van der Waals surface area contributed by atoms with Gasteiger partial charge < -0.3 is 15.8 Å². The molecule has 1 unspecified atom stereocenters. The molecule has 0 aliphatic heterocycles. The Balaban J connectivity index is 1.91. The highest BCUT2D eigenvalue weighted by Crippen LogP contribution is 2.19. The van der Waals surface area contributed by atoms with E-state index in [4.69, 9.17) is 22.7 Å². The first-order valence-corrected chi connectivity index (χ1v) is 7.71. The quantitative estimate of drug-likeness (QED) is 0.803. The maximum absolute atomic E-state index is 11.9. The number of rotatable bonds is 6. The van der Waals surface area contributed by atoms with E-state index in [1.807, 2.05) is 36.6 Å². The zero-order valence-electron chi connectivity index (χ0n) is 11.5. The van der Waals surface area contributed by atoms with Crippen LogP contribution in [0.1, 0.15) is 23.4 Å². The van der Waals surface area contributed by atoms with Gasteiger partial charge in [0.05, 0.1) is 11.6 Å². The minimum absolute atomic E-state index is 0.0353. The lowest BCUT2D eigenvalue weighted by Gasteiger charge is -2.14. The van der Waals surface area contributed by atoms with Crippen LogP contribution >= 0.6 is 23.6 Å². The van der Waals surface area contributed by atoms with Gasteiger partial charge in [-0.1, -0.05) is 30.4 Å². The maximum Gasteiger partial charge on any atom is 0.258 e. The summed E-state index contributed by atoms with van der Waals surface area (Å²) in [5.41, 5.74) is 6.25. The van der Waals surface area contributed by atoms with Gasteiger partial charge in [-0.15, -0.1) is 11.3 Å². The molecule has 2 aromatic rings. The number of benzene rings is 1. The van der Waals surface area contributed by atoms with Gasteiger partial charge in [0, 0.05) is 4.88 Å². The van der Waals surface area contributed by atoms with Gasteiger partial charge in [0.25, 0.3) is 5.91 Å². The average molecular weight is 320 g/mol. The molecule has 0 aliphatic rings. The molecule has 0 spiro atoms. The van der Waals surface area contributed by atoms with E-state index in [9.17, 15) is 4.79 Å². The number of hydrogen-bond donors (Lipinski definition) is 2. The normalized spacial score (nSPS) is 11.7. The number of thiocarbonyl (C=S) groups is 1. The molecule has 2 rings (SSSR count). The smallest absolute Gasteiger partial charge is 0.258 e. The van der Waals surface area contributed by atoms with Crippen molar-refractivity contribution in [2.45, 2.75) is 13.0 Å². The van der Waals surface area contributed by atoms with E-state index in [1.54, 1.807) is 23.5 Å². The van der Waals surface area contributed by atoms with E-state index >= 15 is 0 Å². The molecule has 0 radical (unpaired) electrons. The number of hydrogen-bond acceptors (Lipinski definition) is 4. The molecule has 1 aromatic carbocycles. The number of thiophene rings is 1. The average Bonchev–Trinajstić information content (AvgIpc) is 2.99. The number of carbonyl (C=O) groups is 1. The Morgan fingerprint density at radius 3 is 2.81 bits per heavy atom. The predicted molar refractivity (Wildman–Crippen MR) is 88.7 cm³/mol. The van der Waals surface area contributed by atoms with Crippen LogP contribution in [0.15, 0.2) is 41.8 Å². The highest BCUT2D eigenvalue weighted by Gasteiger charge is 2.12. The molecule has 1 heterocycles. The van der Waals surface area contributed by atoms with Crippen LogP contribution in [0.4, 0.5) is 0 Å². The molecular weight excluding hydrogens is 304 g/mol. The standard InChI is InChI=1S/C15H16N2O2S2/c1-10(13-7-4-8-21-13)17-14(18)9-19-12-6-3-2-5-11(12)15(16)20/h2-8,10H,9H2,1H3,(H2,16,20)(H,17,18). The summed E-state index contributed by atoms with van der Waals surface area (Å²) in [6, 6.07) is 11.0. The van der Waals surface area contributed by atoms with Crippen LogP contribution in [-0.2, 0) is 4.79 Å². The molecule has 0 saturated carbocycles. The number of amides is 1. The fourth-order valence-electron chi connectivity index (χ4n) is 1.83. The van der Waals surface area contributed by atoms with Crippen molar-refractivity contribution in [1.29, 1.82) is 0 Å². The molecule has 0 fully saturated rings. The summed E-state index contributed by atoms with van der Waals surface area (Å²) in [5, 5.41) is 4.86. The molecule has 1 aromatic heterocycles. The molecule has 6 heteroatoms. The second kappa shape index (κ2) is 7.19. The number of para-hydroxylation sites is 1. The summed E-state index contributed by atoms with van der Waals surface area (Å²) in [5.74, 6) is 0.331. The Bertz CT molecular complexity index is 626. The molecule has 21 heavy (non-hydrogen) atoms. The third kappa shape index (κ3) is 4.27. The van der Waals surface area contributed by atoms with Crippen LogP contribution in [-0.4, -0.2) is 17.5 Å². The van der Waals surface area contributed by atoms with E-state index in [0.29, 0.717) is 11.3 Å². The zero-order chi connectivity index (χ0) is 15.2. The molecule has 0 aliphatic carbocycles. The van der Waals surface area contributed by atoms with E-state index in [0.717, 1.165) is 4.88 Å². The van der Waals surface area contributed by atoms with Crippen molar-refractivity contribution >= 4 is 34.5 Å². The molecule has 0 bridgehead atoms. The van der Waals surface area contributed by atoms with E-state index in [2.05, 4.69) is 5.32 Å². The van der Waals surface area contributed by atoms with Gasteiger partial charge in [-0.05, 0) is 30.5 Å². The summed E-state index contributed by atoms with van der Waals surface area (Å²) >= 11 is 6.56. The van der Waals surface area contributed by atoms with Gasteiger partial charge >= 0.3 is 0 Å². The van der Waals surface area contributed by atoms with Gasteiger partial charge in [-0.2, -0.15) is 0 Å². The Morgan fingerprint density at radius 2 is 2.14 bits per heavy atom. The van der Waals surface area contributed by atoms with Crippen LogP contribution in [0, 0.1) is 0 Å². The second-order valence-corrected chi connectivity index (χ2v) is 5.87. The van der Waals surface area contributed by atoms with Crippen LogP contribution in [0.2, 0.25) is 0 Å². The topological polar surface area (TPSA) is 64.3 Å². The monoisotopic (exact) mass is 320 g/mol. The van der Waals surface area contributed by atoms with Crippen molar-refractivity contribution in [3.05, 3.63) is 52.2 Å². The Labute approximate surface area is 132 Å². The highest BCUT2D eigenvalue weighted by molar-refractivity contribution is 7.80. The number of nitrogens with one attached hydrogen (secondary N) is 1. The van der Waals surface area contributed by atoms with E-state index in [1.165, 1.54) is 0 Å². The molecule has 1 atom stereocenters. The third-order valence-corrected chi connectivity index (χ3v) is 4.13. The van der Waals surface area contributed by atoms with Crippen molar-refractivity contribution in [1.82, 2.24) is 5.32 Å². The first-order valence-electron chi connectivity index (χ1n) is 6.42. The largest absolute Gasteiger partial charge is 0.483 e. The SMILES string of the molecule is CC(NC(=O)COc1ccccc1C(N)=S)c1cccs1. The molecule has 4 nitrogen and oxygen atoms in total. The Kier molecular flexibility index (Phi) is 5.30. The number of nitrogens with two attached hydrogens (primary N) is 1.